The van der Waals surface area contributed by atoms with Gasteiger partial charge in [-0.3, -0.25) is 4.79 Å². The van der Waals surface area contributed by atoms with Gasteiger partial charge >= 0.3 is 6.09 Å². The highest BCUT2D eigenvalue weighted by Gasteiger charge is 2.28. The van der Waals surface area contributed by atoms with E-state index in [9.17, 15) is 9.59 Å². The monoisotopic (exact) mass is 382 g/mol. The normalized spacial score (nSPS) is 14.4. The van der Waals surface area contributed by atoms with Crippen LogP contribution in [0.25, 0.3) is 0 Å². The number of hydrogen-bond acceptors (Lipinski definition) is 5. The lowest BCUT2D eigenvalue weighted by Gasteiger charge is -2.30. The Balaban J connectivity index is 1.43. The zero-order chi connectivity index (χ0) is 19.9. The van der Waals surface area contributed by atoms with Crippen molar-refractivity contribution in [2.45, 2.75) is 19.4 Å². The Morgan fingerprint density at radius 1 is 1.14 bits per heavy atom. The van der Waals surface area contributed by atoms with Crippen LogP contribution in [0.1, 0.15) is 18.4 Å². The van der Waals surface area contributed by atoms with Crippen LogP contribution in [0.15, 0.2) is 48.7 Å². The predicted molar refractivity (Wildman–Crippen MR) is 108 cm³/mol. The zero-order valence-corrected chi connectivity index (χ0v) is 16.3. The van der Waals surface area contributed by atoms with Crippen LogP contribution in [0.3, 0.4) is 0 Å². The third-order valence-electron chi connectivity index (χ3n) is 4.84. The van der Waals surface area contributed by atoms with Crippen molar-refractivity contribution < 1.29 is 14.3 Å². The topological polar surface area (TPSA) is 74.8 Å². The number of hydrogen-bond donors (Lipinski definition) is 1. The molecule has 0 atom stereocenters. The van der Waals surface area contributed by atoms with Crippen molar-refractivity contribution in [3.63, 3.8) is 0 Å². The van der Waals surface area contributed by atoms with Gasteiger partial charge in [-0.2, -0.15) is 0 Å². The second kappa shape index (κ2) is 9.21. The fourth-order valence-corrected chi connectivity index (χ4v) is 3.09. The summed E-state index contributed by atoms with van der Waals surface area (Å²) in [6.45, 7) is 1.28. The Hall–Kier alpha value is -3.09. The number of carbonyl (C=O) groups is 2. The van der Waals surface area contributed by atoms with Gasteiger partial charge in [-0.15, -0.1) is 0 Å². The first-order valence-corrected chi connectivity index (χ1v) is 9.43. The van der Waals surface area contributed by atoms with E-state index >= 15 is 0 Å². The molecule has 7 nitrogen and oxygen atoms in total. The molecule has 2 heterocycles. The van der Waals surface area contributed by atoms with Crippen molar-refractivity contribution in [2.75, 3.05) is 37.4 Å². The van der Waals surface area contributed by atoms with Crippen LogP contribution in [-0.4, -0.2) is 49.1 Å². The number of anilines is 2. The lowest BCUT2D eigenvalue weighted by atomic mass is 9.96. The van der Waals surface area contributed by atoms with Gasteiger partial charge in [-0.25, -0.2) is 9.78 Å². The molecular formula is C21H26N4O3. The van der Waals surface area contributed by atoms with E-state index in [-0.39, 0.29) is 24.5 Å². The van der Waals surface area contributed by atoms with Crippen molar-refractivity contribution in [3.05, 3.63) is 54.2 Å². The van der Waals surface area contributed by atoms with Gasteiger partial charge in [0.25, 0.3) is 0 Å². The molecule has 1 fully saturated rings. The Labute approximate surface area is 165 Å². The van der Waals surface area contributed by atoms with Crippen molar-refractivity contribution >= 4 is 23.5 Å². The fraction of sp³-hybridized carbons (Fsp3) is 0.381. The summed E-state index contributed by atoms with van der Waals surface area (Å²) in [6.07, 6.45) is 2.62. The number of pyridine rings is 1. The molecule has 1 aromatic carbocycles. The molecule has 7 heteroatoms. The fourth-order valence-electron chi connectivity index (χ4n) is 3.09. The van der Waals surface area contributed by atoms with Crippen LogP contribution >= 0.6 is 0 Å². The molecule has 3 rings (SSSR count). The number of benzene rings is 1. The minimum Gasteiger partial charge on any atom is -0.445 e. The van der Waals surface area contributed by atoms with E-state index in [1.807, 2.05) is 55.4 Å². The maximum Gasteiger partial charge on any atom is 0.410 e. The summed E-state index contributed by atoms with van der Waals surface area (Å²) < 4.78 is 5.36. The third kappa shape index (κ3) is 5.22. The molecule has 0 bridgehead atoms. The number of piperidine rings is 1. The molecule has 0 unspecified atom stereocenters. The third-order valence-corrected chi connectivity index (χ3v) is 4.84. The summed E-state index contributed by atoms with van der Waals surface area (Å²) in [4.78, 5) is 32.6. The Bertz CT molecular complexity index is 785. The quantitative estimate of drug-likeness (QED) is 0.860. The number of nitrogens with one attached hydrogen (secondary N) is 1. The van der Waals surface area contributed by atoms with Gasteiger partial charge in [0.05, 0.1) is 11.9 Å². The smallest absolute Gasteiger partial charge is 0.410 e. The van der Waals surface area contributed by atoms with Crippen LogP contribution < -0.4 is 10.2 Å². The first kappa shape index (κ1) is 19.7. The molecule has 2 aromatic rings. The number of rotatable bonds is 5. The van der Waals surface area contributed by atoms with E-state index < -0.39 is 0 Å². The molecule has 28 heavy (non-hydrogen) atoms. The first-order chi connectivity index (χ1) is 13.5. The van der Waals surface area contributed by atoms with Gasteiger partial charge in [0.1, 0.15) is 12.4 Å². The maximum absolute atomic E-state index is 12.5. The van der Waals surface area contributed by atoms with Gasteiger partial charge in [-0.05, 0) is 30.5 Å². The standard InChI is InChI=1S/C21H26N4O3/c1-24(2)18-8-9-19(22-14-18)23-20(26)17-10-12-25(13-11-17)21(27)28-15-16-6-4-3-5-7-16/h3-9,14,17H,10-13,15H2,1-2H3,(H,22,23,26). The van der Waals surface area contributed by atoms with Crippen LogP contribution in [0.4, 0.5) is 16.3 Å². The molecule has 0 spiro atoms. The average Bonchev–Trinajstić information content (AvgIpc) is 2.73. The molecule has 1 aliphatic heterocycles. The summed E-state index contributed by atoms with van der Waals surface area (Å²) in [7, 11) is 3.88. The minimum atomic E-state index is -0.330. The minimum absolute atomic E-state index is 0.0533. The number of aromatic nitrogens is 1. The van der Waals surface area contributed by atoms with Gasteiger partial charge in [0.2, 0.25) is 5.91 Å². The summed E-state index contributed by atoms with van der Waals surface area (Å²) in [5, 5.41) is 2.87. The molecule has 0 radical (unpaired) electrons. The van der Waals surface area contributed by atoms with Crippen molar-refractivity contribution in [3.8, 4) is 0 Å². The van der Waals surface area contributed by atoms with Crippen molar-refractivity contribution in [1.29, 1.82) is 0 Å². The summed E-state index contributed by atoms with van der Waals surface area (Å²) in [6, 6.07) is 13.3. The van der Waals surface area contributed by atoms with E-state index in [0.717, 1.165) is 11.3 Å². The maximum atomic E-state index is 12.5. The molecule has 1 saturated heterocycles. The molecule has 0 aliphatic carbocycles. The molecule has 0 saturated carbocycles. The Morgan fingerprint density at radius 3 is 2.46 bits per heavy atom. The molecule has 1 N–H and O–H groups in total. The van der Waals surface area contributed by atoms with Crippen LogP contribution in [0.2, 0.25) is 0 Å². The SMILES string of the molecule is CN(C)c1ccc(NC(=O)C2CCN(C(=O)OCc3ccccc3)CC2)nc1. The molecule has 1 aliphatic rings. The molecule has 2 amide bonds. The van der Waals surface area contributed by atoms with Crippen molar-refractivity contribution in [2.24, 2.45) is 5.92 Å². The molecular weight excluding hydrogens is 356 g/mol. The highest BCUT2D eigenvalue weighted by Crippen LogP contribution is 2.20. The summed E-state index contributed by atoms with van der Waals surface area (Å²) in [5.41, 5.74) is 1.93. The van der Waals surface area contributed by atoms with Crippen LogP contribution in [0.5, 0.6) is 0 Å². The number of carbonyl (C=O) groups excluding carboxylic acids is 2. The van der Waals surface area contributed by atoms with E-state index in [1.54, 1.807) is 17.2 Å². The number of ether oxygens (including phenoxy) is 1. The van der Waals surface area contributed by atoms with E-state index in [2.05, 4.69) is 10.3 Å². The number of amides is 2. The highest BCUT2D eigenvalue weighted by molar-refractivity contribution is 5.91. The first-order valence-electron chi connectivity index (χ1n) is 9.43. The number of likely N-dealkylation sites (tertiary alicyclic amines) is 1. The Kier molecular flexibility index (Phi) is 6.47. The van der Waals surface area contributed by atoms with Gasteiger partial charge in [-0.1, -0.05) is 30.3 Å². The van der Waals surface area contributed by atoms with Gasteiger partial charge < -0.3 is 19.9 Å². The largest absolute Gasteiger partial charge is 0.445 e. The number of nitrogens with zero attached hydrogens (tertiary/aromatic N) is 3. The highest BCUT2D eigenvalue weighted by atomic mass is 16.6. The second-order valence-electron chi connectivity index (χ2n) is 7.09. The lowest BCUT2D eigenvalue weighted by molar-refractivity contribution is -0.121. The van der Waals surface area contributed by atoms with E-state index in [4.69, 9.17) is 4.74 Å². The average molecular weight is 382 g/mol. The predicted octanol–water partition coefficient (Wildman–Crippen LogP) is 3.13. The lowest BCUT2D eigenvalue weighted by Crippen LogP contribution is -2.41. The van der Waals surface area contributed by atoms with Gasteiger partial charge in [0, 0.05) is 33.1 Å². The van der Waals surface area contributed by atoms with Crippen LogP contribution in [0, 0.1) is 5.92 Å². The summed E-state index contributed by atoms with van der Waals surface area (Å²) in [5.74, 6) is 0.358. The van der Waals surface area contributed by atoms with Crippen molar-refractivity contribution in [1.82, 2.24) is 9.88 Å². The second-order valence-corrected chi connectivity index (χ2v) is 7.09. The van der Waals surface area contributed by atoms with E-state index in [1.165, 1.54) is 0 Å². The van der Waals surface area contributed by atoms with Crippen LogP contribution in [-0.2, 0) is 16.1 Å². The Morgan fingerprint density at radius 2 is 1.86 bits per heavy atom. The van der Waals surface area contributed by atoms with Gasteiger partial charge in [0.15, 0.2) is 0 Å². The molecule has 1 aromatic heterocycles. The summed E-state index contributed by atoms with van der Waals surface area (Å²) >= 11 is 0. The molecule has 148 valence electrons. The zero-order valence-electron chi connectivity index (χ0n) is 16.3. The van der Waals surface area contributed by atoms with E-state index in [0.29, 0.717) is 31.7 Å².